The fourth-order valence-corrected chi connectivity index (χ4v) is 2.61. The zero-order valence-electron chi connectivity index (χ0n) is 10.7. The number of rotatable bonds is 4. The second-order valence-corrected chi connectivity index (χ2v) is 5.61. The molecule has 5 heteroatoms. The molecule has 0 aromatic heterocycles. The molecule has 0 unspecified atom stereocenters. The van der Waals surface area contributed by atoms with Gasteiger partial charge < -0.3 is 9.84 Å². The fraction of sp³-hybridized carbons (Fsp3) is 0.133. The van der Waals surface area contributed by atoms with Crippen molar-refractivity contribution in [2.75, 3.05) is 0 Å². The average molecular weight is 356 g/mol. The minimum Gasteiger partial charge on any atom is -0.488 e. The van der Waals surface area contributed by atoms with E-state index in [1.807, 2.05) is 24.3 Å². The highest BCUT2D eigenvalue weighted by Crippen LogP contribution is 2.29. The third-order valence-corrected chi connectivity index (χ3v) is 3.63. The van der Waals surface area contributed by atoms with Crippen LogP contribution >= 0.6 is 27.5 Å². The molecule has 2 rings (SSSR count). The van der Waals surface area contributed by atoms with E-state index in [-0.39, 0.29) is 12.2 Å². The summed E-state index contributed by atoms with van der Waals surface area (Å²) in [6.07, 6.45) is 0. The van der Waals surface area contributed by atoms with Crippen molar-refractivity contribution in [1.82, 2.24) is 0 Å². The topological polar surface area (TPSA) is 46.5 Å². The summed E-state index contributed by atoms with van der Waals surface area (Å²) in [5.74, 6) is -0.663. The van der Waals surface area contributed by atoms with Crippen molar-refractivity contribution >= 4 is 33.5 Å². The summed E-state index contributed by atoms with van der Waals surface area (Å²) in [5, 5.41) is 9.84. The molecule has 104 valence electrons. The highest BCUT2D eigenvalue weighted by atomic mass is 79.9. The minimum atomic E-state index is -1.02. The molecule has 0 saturated heterocycles. The Hall–Kier alpha value is -1.52. The Morgan fingerprint density at radius 1 is 1.35 bits per heavy atom. The number of carbonyl (C=O) groups is 1. The first-order valence-corrected chi connectivity index (χ1v) is 7.06. The normalized spacial score (nSPS) is 10.3. The Labute approximate surface area is 130 Å². The van der Waals surface area contributed by atoms with Crippen LogP contribution in [0.5, 0.6) is 5.75 Å². The van der Waals surface area contributed by atoms with E-state index in [4.69, 9.17) is 16.3 Å². The van der Waals surface area contributed by atoms with Crippen LogP contribution in [0.3, 0.4) is 0 Å². The summed E-state index contributed by atoms with van der Waals surface area (Å²) in [4.78, 5) is 11.3. The molecule has 2 aromatic carbocycles. The molecular weight excluding hydrogens is 344 g/mol. The van der Waals surface area contributed by atoms with E-state index < -0.39 is 5.97 Å². The van der Waals surface area contributed by atoms with Crippen LogP contribution in [0.15, 0.2) is 40.9 Å². The molecule has 0 radical (unpaired) electrons. The van der Waals surface area contributed by atoms with Gasteiger partial charge in [0.2, 0.25) is 0 Å². The van der Waals surface area contributed by atoms with Crippen LogP contribution in [0.1, 0.15) is 21.5 Å². The number of hydrogen-bond acceptors (Lipinski definition) is 2. The number of benzene rings is 2. The Balaban J connectivity index is 2.30. The summed E-state index contributed by atoms with van der Waals surface area (Å²) >= 11 is 9.34. The van der Waals surface area contributed by atoms with Crippen molar-refractivity contribution in [3.05, 3.63) is 62.6 Å². The highest BCUT2D eigenvalue weighted by molar-refractivity contribution is 9.10. The molecule has 0 bridgehead atoms. The van der Waals surface area contributed by atoms with E-state index in [1.165, 1.54) is 6.07 Å². The van der Waals surface area contributed by atoms with Crippen LogP contribution in [0.4, 0.5) is 0 Å². The average Bonchev–Trinajstić information content (AvgIpc) is 2.38. The molecule has 0 aliphatic carbocycles. The number of aryl methyl sites for hydroxylation is 1. The van der Waals surface area contributed by atoms with Gasteiger partial charge in [-0.2, -0.15) is 0 Å². The molecule has 3 nitrogen and oxygen atoms in total. The minimum absolute atomic E-state index is 0.129. The quantitative estimate of drug-likeness (QED) is 0.865. The first kappa shape index (κ1) is 14.9. The molecule has 1 N–H and O–H groups in total. The van der Waals surface area contributed by atoms with E-state index in [9.17, 15) is 9.90 Å². The summed E-state index contributed by atoms with van der Waals surface area (Å²) < 4.78 is 6.37. The van der Waals surface area contributed by atoms with Gasteiger partial charge in [0.25, 0.3) is 0 Å². The molecule has 0 atom stereocenters. The van der Waals surface area contributed by atoms with Crippen LogP contribution in [0.25, 0.3) is 0 Å². The first-order valence-electron chi connectivity index (χ1n) is 5.88. The number of ether oxygens (including phenoxy) is 1. The summed E-state index contributed by atoms with van der Waals surface area (Å²) in [6.45, 7) is 2.03. The molecule has 0 fully saturated rings. The van der Waals surface area contributed by atoms with E-state index in [2.05, 4.69) is 15.9 Å². The van der Waals surface area contributed by atoms with Crippen molar-refractivity contribution in [3.8, 4) is 5.75 Å². The molecule has 0 spiro atoms. The summed E-state index contributed by atoms with van der Waals surface area (Å²) in [5.41, 5.74) is 1.69. The van der Waals surface area contributed by atoms with E-state index in [0.29, 0.717) is 15.2 Å². The van der Waals surface area contributed by atoms with Crippen LogP contribution in [0, 0.1) is 6.92 Å². The van der Waals surface area contributed by atoms with E-state index >= 15 is 0 Å². The standard InChI is InChI=1S/C15H12BrClO3/c1-9-6-11(16)7-12(15(18)19)14(9)20-8-10-4-2-3-5-13(10)17/h2-7H,8H2,1H3,(H,18,19). The van der Waals surface area contributed by atoms with Gasteiger partial charge in [-0.15, -0.1) is 0 Å². The summed E-state index contributed by atoms with van der Waals surface area (Å²) in [7, 11) is 0. The third-order valence-electron chi connectivity index (χ3n) is 2.80. The van der Waals surface area contributed by atoms with E-state index in [0.717, 1.165) is 11.1 Å². The third kappa shape index (κ3) is 3.32. The second-order valence-electron chi connectivity index (χ2n) is 4.28. The molecule has 0 aliphatic rings. The van der Waals surface area contributed by atoms with Gasteiger partial charge in [-0.1, -0.05) is 45.7 Å². The number of hydrogen-bond donors (Lipinski definition) is 1. The summed E-state index contributed by atoms with van der Waals surface area (Å²) in [6, 6.07) is 10.6. The zero-order chi connectivity index (χ0) is 14.7. The highest BCUT2D eigenvalue weighted by Gasteiger charge is 2.15. The van der Waals surface area contributed by atoms with Gasteiger partial charge in [0.1, 0.15) is 17.9 Å². The van der Waals surface area contributed by atoms with Crippen molar-refractivity contribution in [2.24, 2.45) is 0 Å². The molecule has 0 amide bonds. The number of aromatic carboxylic acids is 1. The fourth-order valence-electron chi connectivity index (χ4n) is 1.85. The molecule has 0 saturated carbocycles. The Morgan fingerprint density at radius 3 is 2.70 bits per heavy atom. The Kier molecular flexibility index (Phi) is 4.68. The van der Waals surface area contributed by atoms with Crippen molar-refractivity contribution in [3.63, 3.8) is 0 Å². The molecule has 2 aromatic rings. The number of carboxylic acids is 1. The van der Waals surface area contributed by atoms with Crippen LogP contribution in [0.2, 0.25) is 5.02 Å². The predicted molar refractivity (Wildman–Crippen MR) is 81.6 cm³/mol. The molecular formula is C15H12BrClO3. The van der Waals surface area contributed by atoms with Crippen LogP contribution < -0.4 is 4.74 Å². The lowest BCUT2D eigenvalue weighted by molar-refractivity contribution is 0.0691. The van der Waals surface area contributed by atoms with Crippen molar-refractivity contribution in [2.45, 2.75) is 13.5 Å². The Morgan fingerprint density at radius 2 is 2.05 bits per heavy atom. The van der Waals surface area contributed by atoms with Crippen molar-refractivity contribution in [1.29, 1.82) is 0 Å². The van der Waals surface area contributed by atoms with Crippen LogP contribution in [-0.4, -0.2) is 11.1 Å². The maximum absolute atomic E-state index is 11.3. The van der Waals surface area contributed by atoms with Crippen LogP contribution in [-0.2, 0) is 6.61 Å². The van der Waals surface area contributed by atoms with E-state index in [1.54, 1.807) is 13.0 Å². The second kappa shape index (κ2) is 6.29. The van der Waals surface area contributed by atoms with Gasteiger partial charge in [-0.05, 0) is 30.7 Å². The SMILES string of the molecule is Cc1cc(Br)cc(C(=O)O)c1OCc1ccccc1Cl. The number of halogens is 2. The molecule has 0 aliphatic heterocycles. The van der Waals surface area contributed by atoms with Gasteiger partial charge in [0.15, 0.2) is 0 Å². The van der Waals surface area contributed by atoms with Gasteiger partial charge in [0.05, 0.1) is 0 Å². The lowest BCUT2D eigenvalue weighted by Crippen LogP contribution is -2.05. The maximum Gasteiger partial charge on any atom is 0.339 e. The maximum atomic E-state index is 11.3. The monoisotopic (exact) mass is 354 g/mol. The first-order chi connectivity index (χ1) is 9.49. The number of carboxylic acid groups (broad SMARTS) is 1. The smallest absolute Gasteiger partial charge is 0.339 e. The lowest BCUT2D eigenvalue weighted by Gasteiger charge is -2.13. The lowest BCUT2D eigenvalue weighted by atomic mass is 10.1. The zero-order valence-corrected chi connectivity index (χ0v) is 13.0. The predicted octanol–water partition coefficient (Wildman–Crippen LogP) is 4.69. The largest absolute Gasteiger partial charge is 0.488 e. The molecule has 20 heavy (non-hydrogen) atoms. The van der Waals surface area contributed by atoms with Gasteiger partial charge >= 0.3 is 5.97 Å². The molecule has 0 heterocycles. The Bertz CT molecular complexity index is 656. The van der Waals surface area contributed by atoms with Gasteiger partial charge in [-0.3, -0.25) is 0 Å². The van der Waals surface area contributed by atoms with Gasteiger partial charge in [0, 0.05) is 15.1 Å². The van der Waals surface area contributed by atoms with Gasteiger partial charge in [-0.25, -0.2) is 4.79 Å². The van der Waals surface area contributed by atoms with Crippen molar-refractivity contribution < 1.29 is 14.6 Å².